The van der Waals surface area contributed by atoms with Gasteiger partial charge in [-0.2, -0.15) is 0 Å². The normalized spacial score (nSPS) is 16.7. The molecule has 3 nitrogen and oxygen atoms in total. The molecule has 0 spiro atoms. The van der Waals surface area contributed by atoms with Gasteiger partial charge in [-0.1, -0.05) is 31.2 Å². The molecule has 0 saturated heterocycles. The standard InChI is InChI=1S/C16H23NO2/c1-2-13-4-6-14(7-5-13)8-9-15(19)17-16(12-18)10-3-11-16/h4-7,18H,2-3,8-12H2,1H3,(H,17,19). The van der Waals surface area contributed by atoms with Crippen LogP contribution >= 0.6 is 0 Å². The Morgan fingerprint density at radius 2 is 1.89 bits per heavy atom. The van der Waals surface area contributed by atoms with Crippen LogP contribution in [0.4, 0.5) is 0 Å². The van der Waals surface area contributed by atoms with Crippen LogP contribution in [-0.2, 0) is 17.6 Å². The van der Waals surface area contributed by atoms with E-state index in [0.717, 1.165) is 32.1 Å². The summed E-state index contributed by atoms with van der Waals surface area (Å²) in [5, 5.41) is 12.3. The lowest BCUT2D eigenvalue weighted by Crippen LogP contribution is -2.56. The van der Waals surface area contributed by atoms with Gasteiger partial charge in [0.05, 0.1) is 12.1 Å². The Balaban J connectivity index is 1.79. The first-order chi connectivity index (χ1) is 9.17. The molecule has 0 bridgehead atoms. The maximum absolute atomic E-state index is 11.9. The van der Waals surface area contributed by atoms with Crippen LogP contribution in [0.1, 0.15) is 43.7 Å². The second-order valence-corrected chi connectivity index (χ2v) is 5.51. The van der Waals surface area contributed by atoms with Gasteiger partial charge in [0.2, 0.25) is 5.91 Å². The summed E-state index contributed by atoms with van der Waals surface area (Å²) in [6, 6.07) is 8.43. The molecule has 0 unspecified atom stereocenters. The highest BCUT2D eigenvalue weighted by Crippen LogP contribution is 2.31. The Hall–Kier alpha value is -1.35. The molecule has 1 aromatic rings. The third-order valence-electron chi connectivity index (χ3n) is 4.09. The molecule has 104 valence electrons. The zero-order valence-electron chi connectivity index (χ0n) is 11.6. The molecule has 0 heterocycles. The first-order valence-corrected chi connectivity index (χ1v) is 7.17. The largest absolute Gasteiger partial charge is 0.394 e. The van der Waals surface area contributed by atoms with Crippen molar-refractivity contribution < 1.29 is 9.90 Å². The minimum Gasteiger partial charge on any atom is -0.394 e. The van der Waals surface area contributed by atoms with Crippen molar-refractivity contribution in [3.63, 3.8) is 0 Å². The Bertz CT molecular complexity index is 415. The molecule has 1 aromatic carbocycles. The molecular weight excluding hydrogens is 238 g/mol. The van der Waals surface area contributed by atoms with Crippen LogP contribution in [0.15, 0.2) is 24.3 Å². The summed E-state index contributed by atoms with van der Waals surface area (Å²) in [5.74, 6) is 0.0494. The monoisotopic (exact) mass is 261 g/mol. The topological polar surface area (TPSA) is 49.3 Å². The number of hydrogen-bond acceptors (Lipinski definition) is 2. The average molecular weight is 261 g/mol. The SMILES string of the molecule is CCc1ccc(CCC(=O)NC2(CO)CCC2)cc1. The molecule has 0 aromatic heterocycles. The van der Waals surface area contributed by atoms with Crippen molar-refractivity contribution in [3.05, 3.63) is 35.4 Å². The predicted molar refractivity (Wildman–Crippen MR) is 76.0 cm³/mol. The molecule has 1 amide bonds. The first kappa shape index (κ1) is 14.1. The number of benzene rings is 1. The molecule has 0 aliphatic heterocycles. The molecule has 3 heteroatoms. The van der Waals surface area contributed by atoms with E-state index in [0.29, 0.717) is 6.42 Å². The zero-order valence-corrected chi connectivity index (χ0v) is 11.6. The third-order valence-corrected chi connectivity index (χ3v) is 4.09. The Labute approximate surface area is 115 Å². The van der Waals surface area contributed by atoms with Gasteiger partial charge < -0.3 is 10.4 Å². The molecule has 2 rings (SSSR count). The predicted octanol–water partition coefficient (Wildman–Crippen LogP) is 2.21. The Kier molecular flexibility index (Phi) is 4.59. The van der Waals surface area contributed by atoms with Gasteiger partial charge in [-0.25, -0.2) is 0 Å². The van der Waals surface area contributed by atoms with Crippen LogP contribution in [-0.4, -0.2) is 23.2 Å². The van der Waals surface area contributed by atoms with E-state index < -0.39 is 0 Å². The second kappa shape index (κ2) is 6.20. The fraction of sp³-hybridized carbons (Fsp3) is 0.562. The number of carbonyl (C=O) groups excluding carboxylic acids is 1. The molecule has 1 aliphatic rings. The molecule has 1 saturated carbocycles. The molecule has 0 radical (unpaired) electrons. The minimum absolute atomic E-state index is 0.0494. The maximum atomic E-state index is 11.9. The number of aliphatic hydroxyl groups excluding tert-OH is 1. The van der Waals surface area contributed by atoms with Crippen LogP contribution in [0, 0.1) is 0 Å². The van der Waals surface area contributed by atoms with Gasteiger partial charge in [-0.15, -0.1) is 0 Å². The van der Waals surface area contributed by atoms with Gasteiger partial charge in [-0.05, 0) is 43.2 Å². The number of rotatable bonds is 6. The van der Waals surface area contributed by atoms with Crippen molar-refractivity contribution >= 4 is 5.91 Å². The number of amides is 1. The van der Waals surface area contributed by atoms with Gasteiger partial charge in [0.1, 0.15) is 0 Å². The molecule has 1 aliphatic carbocycles. The highest BCUT2D eigenvalue weighted by molar-refractivity contribution is 5.77. The number of carbonyl (C=O) groups is 1. The van der Waals surface area contributed by atoms with Gasteiger partial charge >= 0.3 is 0 Å². The van der Waals surface area contributed by atoms with Crippen molar-refractivity contribution in [2.75, 3.05) is 6.61 Å². The maximum Gasteiger partial charge on any atom is 0.220 e. The lowest BCUT2D eigenvalue weighted by atomic mass is 9.77. The number of nitrogens with one attached hydrogen (secondary N) is 1. The van der Waals surface area contributed by atoms with Crippen LogP contribution < -0.4 is 5.32 Å². The lowest BCUT2D eigenvalue weighted by Gasteiger charge is -2.41. The van der Waals surface area contributed by atoms with Crippen molar-refractivity contribution in [1.82, 2.24) is 5.32 Å². The van der Waals surface area contributed by atoms with E-state index in [-0.39, 0.29) is 18.1 Å². The molecule has 2 N–H and O–H groups in total. The van der Waals surface area contributed by atoms with Gasteiger partial charge in [0, 0.05) is 6.42 Å². The summed E-state index contributed by atoms with van der Waals surface area (Å²) in [5.41, 5.74) is 2.20. The van der Waals surface area contributed by atoms with Crippen LogP contribution in [0.2, 0.25) is 0 Å². The first-order valence-electron chi connectivity index (χ1n) is 7.17. The number of aryl methyl sites for hydroxylation is 2. The second-order valence-electron chi connectivity index (χ2n) is 5.51. The highest BCUT2D eigenvalue weighted by atomic mass is 16.3. The highest BCUT2D eigenvalue weighted by Gasteiger charge is 2.37. The summed E-state index contributed by atoms with van der Waals surface area (Å²) >= 11 is 0. The molecule has 19 heavy (non-hydrogen) atoms. The average Bonchev–Trinajstić information content (AvgIpc) is 2.41. The summed E-state index contributed by atoms with van der Waals surface area (Å²) < 4.78 is 0. The summed E-state index contributed by atoms with van der Waals surface area (Å²) in [6.45, 7) is 2.19. The molecule has 1 fully saturated rings. The van der Waals surface area contributed by atoms with Crippen LogP contribution in [0.5, 0.6) is 0 Å². The van der Waals surface area contributed by atoms with Crippen molar-refractivity contribution in [2.45, 2.75) is 51.0 Å². The lowest BCUT2D eigenvalue weighted by molar-refractivity contribution is -0.125. The minimum atomic E-state index is -0.316. The van der Waals surface area contributed by atoms with E-state index in [1.165, 1.54) is 11.1 Å². The smallest absolute Gasteiger partial charge is 0.220 e. The third kappa shape index (κ3) is 3.57. The van der Waals surface area contributed by atoms with Gasteiger partial charge in [0.15, 0.2) is 0 Å². The Morgan fingerprint density at radius 3 is 2.37 bits per heavy atom. The van der Waals surface area contributed by atoms with Crippen molar-refractivity contribution in [3.8, 4) is 0 Å². The van der Waals surface area contributed by atoms with Crippen LogP contribution in [0.3, 0.4) is 0 Å². The quantitative estimate of drug-likeness (QED) is 0.825. The van der Waals surface area contributed by atoms with Crippen molar-refractivity contribution in [2.24, 2.45) is 0 Å². The van der Waals surface area contributed by atoms with E-state index in [1.807, 2.05) is 0 Å². The fourth-order valence-electron chi connectivity index (χ4n) is 2.48. The van der Waals surface area contributed by atoms with Gasteiger partial charge in [-0.3, -0.25) is 4.79 Å². The number of hydrogen-bond donors (Lipinski definition) is 2. The van der Waals surface area contributed by atoms with E-state index >= 15 is 0 Å². The van der Waals surface area contributed by atoms with E-state index in [4.69, 9.17) is 0 Å². The van der Waals surface area contributed by atoms with E-state index in [9.17, 15) is 9.90 Å². The summed E-state index contributed by atoms with van der Waals surface area (Å²) in [6.07, 6.45) is 5.20. The molecule has 0 atom stereocenters. The van der Waals surface area contributed by atoms with E-state index in [2.05, 4.69) is 36.5 Å². The summed E-state index contributed by atoms with van der Waals surface area (Å²) in [7, 11) is 0. The van der Waals surface area contributed by atoms with E-state index in [1.54, 1.807) is 0 Å². The number of aliphatic hydroxyl groups is 1. The van der Waals surface area contributed by atoms with Gasteiger partial charge in [0.25, 0.3) is 0 Å². The van der Waals surface area contributed by atoms with Crippen LogP contribution in [0.25, 0.3) is 0 Å². The molecular formula is C16H23NO2. The Morgan fingerprint density at radius 1 is 1.26 bits per heavy atom. The zero-order chi connectivity index (χ0) is 13.7. The van der Waals surface area contributed by atoms with Crippen molar-refractivity contribution in [1.29, 1.82) is 0 Å². The summed E-state index contributed by atoms with van der Waals surface area (Å²) in [4.78, 5) is 11.9. The fourth-order valence-corrected chi connectivity index (χ4v) is 2.48.